The molecule has 0 unspecified atom stereocenters. The molecule has 2 saturated heterocycles. The number of hydrogen-bond donors (Lipinski definition) is 0. The van der Waals surface area contributed by atoms with Crippen LogP contribution in [0.25, 0.3) is 0 Å². The predicted molar refractivity (Wildman–Crippen MR) is 89.5 cm³/mol. The Hall–Kier alpha value is -2.64. The number of nitrogens with zero attached hydrogens (tertiary/aromatic N) is 4. The molecule has 1 aromatic rings. The molecule has 0 N–H and O–H groups in total. The molecule has 4 amide bonds. The van der Waals surface area contributed by atoms with Gasteiger partial charge in [-0.2, -0.15) is 0 Å². The van der Waals surface area contributed by atoms with Gasteiger partial charge in [0.05, 0.1) is 5.69 Å². The number of benzene rings is 1. The van der Waals surface area contributed by atoms with Gasteiger partial charge in [0.25, 0.3) is 0 Å². The van der Waals surface area contributed by atoms with Gasteiger partial charge < -0.3 is 14.7 Å². The molecule has 2 fully saturated rings. The molecule has 134 valence electrons. The number of anilines is 1. The molecule has 8 heteroatoms. The van der Waals surface area contributed by atoms with Crippen LogP contribution < -0.4 is 4.90 Å². The van der Waals surface area contributed by atoms with E-state index in [-0.39, 0.29) is 30.1 Å². The summed E-state index contributed by atoms with van der Waals surface area (Å²) in [6, 6.07) is 5.75. The van der Waals surface area contributed by atoms with Crippen LogP contribution in [0, 0.1) is 5.82 Å². The van der Waals surface area contributed by atoms with Crippen LogP contribution in [0.15, 0.2) is 24.3 Å². The number of hydrogen-bond acceptors (Lipinski definition) is 3. The summed E-state index contributed by atoms with van der Waals surface area (Å²) in [4.78, 5) is 42.4. The van der Waals surface area contributed by atoms with E-state index in [9.17, 15) is 18.8 Å². The molecular weight excluding hydrogens is 327 g/mol. The monoisotopic (exact) mass is 348 g/mol. The highest BCUT2D eigenvalue weighted by atomic mass is 19.1. The fraction of sp³-hybridized carbons (Fsp3) is 0.471. The molecule has 2 aliphatic rings. The quantitative estimate of drug-likeness (QED) is 0.810. The Labute approximate surface area is 145 Å². The molecule has 2 aliphatic heterocycles. The van der Waals surface area contributed by atoms with Crippen molar-refractivity contribution in [2.75, 3.05) is 50.7 Å². The zero-order valence-electron chi connectivity index (χ0n) is 14.2. The summed E-state index contributed by atoms with van der Waals surface area (Å²) in [5.41, 5.74) is 0.234. The van der Waals surface area contributed by atoms with Gasteiger partial charge in [0.1, 0.15) is 12.4 Å². The normalized spacial score (nSPS) is 18.1. The van der Waals surface area contributed by atoms with Crippen LogP contribution in [0.5, 0.6) is 0 Å². The summed E-state index contributed by atoms with van der Waals surface area (Å²) >= 11 is 0. The van der Waals surface area contributed by atoms with Gasteiger partial charge in [0, 0.05) is 46.2 Å². The first-order valence-electron chi connectivity index (χ1n) is 8.31. The van der Waals surface area contributed by atoms with Gasteiger partial charge in [-0.3, -0.25) is 14.5 Å². The van der Waals surface area contributed by atoms with Gasteiger partial charge >= 0.3 is 6.03 Å². The first-order valence-corrected chi connectivity index (χ1v) is 8.31. The van der Waals surface area contributed by atoms with Crippen molar-refractivity contribution in [2.24, 2.45) is 0 Å². The van der Waals surface area contributed by atoms with Crippen molar-refractivity contribution in [3.63, 3.8) is 0 Å². The summed E-state index contributed by atoms with van der Waals surface area (Å²) in [5, 5.41) is 0. The van der Waals surface area contributed by atoms with E-state index in [4.69, 9.17) is 0 Å². The summed E-state index contributed by atoms with van der Waals surface area (Å²) in [5.74, 6) is -0.598. The zero-order valence-corrected chi connectivity index (χ0v) is 14.2. The number of carbonyl (C=O) groups excluding carboxylic acids is 3. The smallest absolute Gasteiger partial charge is 0.325 e. The molecule has 7 nitrogen and oxygen atoms in total. The largest absolute Gasteiger partial charge is 0.339 e. The van der Waals surface area contributed by atoms with Crippen LogP contribution in [0.2, 0.25) is 0 Å². The molecule has 2 heterocycles. The maximum atomic E-state index is 13.9. The Morgan fingerprint density at radius 2 is 1.64 bits per heavy atom. The first-order chi connectivity index (χ1) is 12.0. The number of amides is 4. The molecule has 25 heavy (non-hydrogen) atoms. The molecule has 0 aromatic heterocycles. The maximum absolute atomic E-state index is 13.9. The second-order valence-electron chi connectivity index (χ2n) is 6.19. The number of piperazine rings is 1. The van der Waals surface area contributed by atoms with Gasteiger partial charge in [0.15, 0.2) is 0 Å². The number of carbonyl (C=O) groups is 3. The number of rotatable bonds is 3. The van der Waals surface area contributed by atoms with E-state index in [0.717, 1.165) is 0 Å². The van der Waals surface area contributed by atoms with E-state index < -0.39 is 5.82 Å². The number of urea groups is 1. The molecule has 0 aliphatic carbocycles. The van der Waals surface area contributed by atoms with Crippen molar-refractivity contribution in [3.05, 3.63) is 30.1 Å². The topological polar surface area (TPSA) is 64.2 Å². The Kier molecular flexibility index (Phi) is 4.87. The highest BCUT2D eigenvalue weighted by molar-refractivity contribution is 5.96. The van der Waals surface area contributed by atoms with Crippen molar-refractivity contribution >= 4 is 23.5 Å². The van der Waals surface area contributed by atoms with Gasteiger partial charge in [-0.25, -0.2) is 9.18 Å². The minimum atomic E-state index is -0.454. The van der Waals surface area contributed by atoms with E-state index in [0.29, 0.717) is 39.3 Å². The second kappa shape index (κ2) is 7.08. The van der Waals surface area contributed by atoms with Crippen LogP contribution >= 0.6 is 0 Å². The van der Waals surface area contributed by atoms with Gasteiger partial charge in [-0.05, 0) is 12.1 Å². The molecular formula is C17H21FN4O3. The van der Waals surface area contributed by atoms with E-state index >= 15 is 0 Å². The third-order valence-corrected chi connectivity index (χ3v) is 4.64. The Balaban J connectivity index is 1.57. The SMILES string of the molecule is CC(=O)N1CCN(C(=O)CN2CCN(c3ccccc3F)C2=O)CC1. The summed E-state index contributed by atoms with van der Waals surface area (Å²) in [7, 11) is 0. The van der Waals surface area contributed by atoms with Crippen molar-refractivity contribution in [3.8, 4) is 0 Å². The maximum Gasteiger partial charge on any atom is 0.325 e. The van der Waals surface area contributed by atoms with Gasteiger partial charge in [0.2, 0.25) is 11.8 Å². The lowest BCUT2D eigenvalue weighted by atomic mass is 10.3. The molecule has 1 aromatic carbocycles. The van der Waals surface area contributed by atoms with Crippen LogP contribution in [-0.2, 0) is 9.59 Å². The summed E-state index contributed by atoms with van der Waals surface area (Å²) in [6.45, 7) is 4.18. The fourth-order valence-corrected chi connectivity index (χ4v) is 3.16. The molecule has 3 rings (SSSR count). The average molecular weight is 348 g/mol. The molecule has 0 spiro atoms. The molecule has 0 atom stereocenters. The van der Waals surface area contributed by atoms with E-state index in [1.165, 1.54) is 22.8 Å². The fourth-order valence-electron chi connectivity index (χ4n) is 3.16. The van der Waals surface area contributed by atoms with Gasteiger partial charge in [-0.15, -0.1) is 0 Å². The van der Waals surface area contributed by atoms with Crippen LogP contribution in [0.4, 0.5) is 14.9 Å². The Morgan fingerprint density at radius 3 is 2.28 bits per heavy atom. The number of halogens is 1. The van der Waals surface area contributed by atoms with Crippen LogP contribution in [0.1, 0.15) is 6.92 Å². The minimum absolute atomic E-state index is 0.00218. The zero-order chi connectivity index (χ0) is 18.0. The van der Waals surface area contributed by atoms with Crippen LogP contribution in [0.3, 0.4) is 0 Å². The Bertz CT molecular complexity index is 688. The lowest BCUT2D eigenvalue weighted by Crippen LogP contribution is -2.52. The van der Waals surface area contributed by atoms with Crippen LogP contribution in [-0.4, -0.2) is 78.4 Å². The Morgan fingerprint density at radius 1 is 1.00 bits per heavy atom. The minimum Gasteiger partial charge on any atom is -0.339 e. The standard InChI is InChI=1S/C17H21FN4O3/c1-13(23)19-6-8-20(9-7-19)16(24)12-21-10-11-22(17(21)25)15-5-3-2-4-14(15)18/h2-5H,6-12H2,1H3. The molecule has 0 radical (unpaired) electrons. The van der Waals surface area contributed by atoms with Crippen molar-refractivity contribution in [1.82, 2.24) is 14.7 Å². The average Bonchev–Trinajstić information content (AvgIpc) is 2.96. The molecule has 0 bridgehead atoms. The third kappa shape index (κ3) is 3.57. The highest BCUT2D eigenvalue weighted by Gasteiger charge is 2.33. The lowest BCUT2D eigenvalue weighted by molar-refractivity contribution is -0.138. The van der Waals surface area contributed by atoms with E-state index in [2.05, 4.69) is 0 Å². The van der Waals surface area contributed by atoms with Crippen molar-refractivity contribution in [2.45, 2.75) is 6.92 Å². The van der Waals surface area contributed by atoms with E-state index in [1.807, 2.05) is 0 Å². The summed E-state index contributed by atoms with van der Waals surface area (Å²) in [6.07, 6.45) is 0. The van der Waals surface area contributed by atoms with Crippen molar-refractivity contribution in [1.29, 1.82) is 0 Å². The van der Waals surface area contributed by atoms with Gasteiger partial charge in [-0.1, -0.05) is 12.1 Å². The third-order valence-electron chi connectivity index (χ3n) is 4.64. The van der Waals surface area contributed by atoms with Crippen molar-refractivity contribution < 1.29 is 18.8 Å². The second-order valence-corrected chi connectivity index (χ2v) is 6.19. The van der Waals surface area contributed by atoms with E-state index in [1.54, 1.807) is 28.0 Å². The first kappa shape index (κ1) is 17.2. The summed E-state index contributed by atoms with van der Waals surface area (Å²) < 4.78 is 13.9. The molecule has 0 saturated carbocycles. The number of para-hydroxylation sites is 1. The highest BCUT2D eigenvalue weighted by Crippen LogP contribution is 2.23. The lowest BCUT2D eigenvalue weighted by Gasteiger charge is -2.34. The predicted octanol–water partition coefficient (Wildman–Crippen LogP) is 0.758.